The first-order valence-electron chi connectivity index (χ1n) is 10.3. The fourth-order valence-electron chi connectivity index (χ4n) is 3.84. The zero-order valence-electron chi connectivity index (χ0n) is 17.1. The minimum absolute atomic E-state index is 0.0707. The smallest absolute Gasteiger partial charge is 0.310 e. The van der Waals surface area contributed by atoms with E-state index in [4.69, 9.17) is 0 Å². The first-order chi connectivity index (χ1) is 13.3. The van der Waals surface area contributed by atoms with Gasteiger partial charge in [0.1, 0.15) is 0 Å². The van der Waals surface area contributed by atoms with Gasteiger partial charge in [0.15, 0.2) is 0 Å². The van der Waals surface area contributed by atoms with E-state index in [0.29, 0.717) is 24.1 Å². The molecule has 1 aromatic rings. The maximum absolute atomic E-state index is 12.5. The van der Waals surface area contributed by atoms with Gasteiger partial charge in [-0.25, -0.2) is 0 Å². The van der Waals surface area contributed by atoms with Crippen LogP contribution in [0.15, 0.2) is 18.2 Å². The molecule has 2 amide bonds. The van der Waals surface area contributed by atoms with Crippen LogP contribution in [0, 0.1) is 12.3 Å². The van der Waals surface area contributed by atoms with Gasteiger partial charge in [-0.15, -0.1) is 0 Å². The zero-order chi connectivity index (χ0) is 20.7. The summed E-state index contributed by atoms with van der Waals surface area (Å²) in [5, 5.41) is 15.4. The van der Waals surface area contributed by atoms with E-state index in [0.717, 1.165) is 31.2 Å². The molecule has 0 aromatic heterocycles. The summed E-state index contributed by atoms with van der Waals surface area (Å²) in [7, 11) is 0. The highest BCUT2D eigenvalue weighted by atomic mass is 16.4. The lowest BCUT2D eigenvalue weighted by Gasteiger charge is -2.26. The largest absolute Gasteiger partial charge is 0.481 e. The van der Waals surface area contributed by atoms with Crippen LogP contribution in [0.1, 0.15) is 81.1 Å². The third kappa shape index (κ3) is 5.33. The second-order valence-corrected chi connectivity index (χ2v) is 7.86. The summed E-state index contributed by atoms with van der Waals surface area (Å²) in [6, 6.07) is 5.42. The quantitative estimate of drug-likeness (QED) is 0.619. The topological polar surface area (TPSA) is 95.5 Å². The summed E-state index contributed by atoms with van der Waals surface area (Å²) < 4.78 is 0. The number of aliphatic carboxylic acids is 1. The lowest BCUT2D eigenvalue weighted by Crippen LogP contribution is -2.36. The molecule has 1 saturated carbocycles. The van der Waals surface area contributed by atoms with E-state index in [2.05, 4.69) is 10.6 Å². The van der Waals surface area contributed by atoms with Crippen LogP contribution < -0.4 is 10.6 Å². The van der Waals surface area contributed by atoms with Crippen molar-refractivity contribution < 1.29 is 19.5 Å². The molecule has 0 radical (unpaired) electrons. The van der Waals surface area contributed by atoms with Crippen molar-refractivity contribution in [2.24, 2.45) is 5.41 Å². The number of benzene rings is 1. The van der Waals surface area contributed by atoms with E-state index in [1.54, 1.807) is 32.0 Å². The maximum Gasteiger partial charge on any atom is 0.310 e. The van der Waals surface area contributed by atoms with Gasteiger partial charge in [0.05, 0.1) is 5.41 Å². The average Bonchev–Trinajstić information content (AvgIpc) is 2.68. The molecule has 28 heavy (non-hydrogen) atoms. The van der Waals surface area contributed by atoms with Crippen LogP contribution >= 0.6 is 0 Å². The average molecular weight is 389 g/mol. The van der Waals surface area contributed by atoms with Crippen molar-refractivity contribution >= 4 is 23.5 Å². The molecule has 1 aliphatic carbocycles. The number of aryl methyl sites for hydroxylation is 1. The molecule has 154 valence electrons. The highest BCUT2D eigenvalue weighted by Gasteiger charge is 2.37. The molecule has 1 aliphatic rings. The second kappa shape index (κ2) is 9.71. The lowest BCUT2D eigenvalue weighted by molar-refractivity contribution is -0.151. The summed E-state index contributed by atoms with van der Waals surface area (Å²) in [6.45, 7) is 5.41. The molecule has 2 rings (SSSR count). The minimum atomic E-state index is -1.04. The van der Waals surface area contributed by atoms with Crippen molar-refractivity contribution in [2.45, 2.75) is 78.2 Å². The number of hydrogen-bond donors (Lipinski definition) is 3. The Balaban J connectivity index is 2.02. The lowest BCUT2D eigenvalue weighted by atomic mass is 9.79. The normalized spacial score (nSPS) is 15.1. The van der Waals surface area contributed by atoms with Crippen LogP contribution in [0.5, 0.6) is 0 Å². The SMILES string of the molecule is CCC(CC)(CC(=O)Nc1ccc(C(=O)NC2CCCCC2)cc1C)C(=O)O. The molecule has 0 aliphatic heterocycles. The van der Waals surface area contributed by atoms with Crippen LogP contribution in [0.3, 0.4) is 0 Å². The number of hydrogen-bond acceptors (Lipinski definition) is 3. The fourth-order valence-corrected chi connectivity index (χ4v) is 3.84. The molecular formula is C22H32N2O4. The molecule has 3 N–H and O–H groups in total. The number of carboxylic acids is 1. The predicted octanol–water partition coefficient (Wildman–Crippen LogP) is 4.28. The molecule has 1 aromatic carbocycles. The van der Waals surface area contributed by atoms with Gasteiger partial charge in [-0.3, -0.25) is 14.4 Å². The number of anilines is 1. The Labute approximate surface area is 167 Å². The predicted molar refractivity (Wildman–Crippen MR) is 109 cm³/mol. The van der Waals surface area contributed by atoms with E-state index in [1.165, 1.54) is 6.42 Å². The Bertz CT molecular complexity index is 719. The first-order valence-corrected chi connectivity index (χ1v) is 10.3. The van der Waals surface area contributed by atoms with E-state index < -0.39 is 11.4 Å². The Morgan fingerprint density at radius 2 is 1.75 bits per heavy atom. The third-order valence-corrected chi connectivity index (χ3v) is 6.01. The summed E-state index contributed by atoms with van der Waals surface area (Å²) in [4.78, 5) is 36.5. The van der Waals surface area contributed by atoms with Gasteiger partial charge >= 0.3 is 5.97 Å². The van der Waals surface area contributed by atoms with Crippen molar-refractivity contribution in [1.29, 1.82) is 0 Å². The zero-order valence-corrected chi connectivity index (χ0v) is 17.1. The summed E-state index contributed by atoms with van der Waals surface area (Å²) in [6.07, 6.45) is 6.32. The molecule has 0 saturated heterocycles. The van der Waals surface area contributed by atoms with Crippen LogP contribution in [-0.4, -0.2) is 28.9 Å². The van der Waals surface area contributed by atoms with Crippen LogP contribution in [0.25, 0.3) is 0 Å². The summed E-state index contributed by atoms with van der Waals surface area (Å²) in [5.74, 6) is -1.36. The van der Waals surface area contributed by atoms with Crippen LogP contribution in [0.2, 0.25) is 0 Å². The Morgan fingerprint density at radius 3 is 2.29 bits per heavy atom. The van der Waals surface area contributed by atoms with Gasteiger partial charge in [-0.05, 0) is 56.4 Å². The molecule has 6 nitrogen and oxygen atoms in total. The van der Waals surface area contributed by atoms with E-state index in [-0.39, 0.29) is 24.3 Å². The van der Waals surface area contributed by atoms with Crippen molar-refractivity contribution in [1.82, 2.24) is 5.32 Å². The number of rotatable bonds is 8. The molecule has 0 atom stereocenters. The van der Waals surface area contributed by atoms with Crippen LogP contribution in [0.4, 0.5) is 5.69 Å². The third-order valence-electron chi connectivity index (χ3n) is 6.01. The fraction of sp³-hybridized carbons (Fsp3) is 0.591. The highest BCUT2D eigenvalue weighted by molar-refractivity contribution is 5.97. The molecular weight excluding hydrogens is 356 g/mol. The van der Waals surface area contributed by atoms with Gasteiger partial charge in [-0.2, -0.15) is 0 Å². The van der Waals surface area contributed by atoms with Gasteiger partial charge in [-0.1, -0.05) is 33.1 Å². The molecule has 0 bridgehead atoms. The first kappa shape index (κ1) is 21.9. The maximum atomic E-state index is 12.5. The molecule has 6 heteroatoms. The second-order valence-electron chi connectivity index (χ2n) is 7.86. The van der Waals surface area contributed by atoms with Crippen molar-refractivity contribution in [2.75, 3.05) is 5.32 Å². The highest BCUT2D eigenvalue weighted by Crippen LogP contribution is 2.31. The number of nitrogens with one attached hydrogen (secondary N) is 2. The Morgan fingerprint density at radius 1 is 1.11 bits per heavy atom. The monoisotopic (exact) mass is 388 g/mol. The van der Waals surface area contributed by atoms with Crippen LogP contribution in [-0.2, 0) is 9.59 Å². The van der Waals surface area contributed by atoms with Crippen molar-refractivity contribution in [3.8, 4) is 0 Å². The summed E-state index contributed by atoms with van der Waals surface area (Å²) >= 11 is 0. The number of amides is 2. The van der Waals surface area contributed by atoms with E-state index >= 15 is 0 Å². The van der Waals surface area contributed by atoms with Crippen molar-refractivity contribution in [3.63, 3.8) is 0 Å². The Hall–Kier alpha value is -2.37. The summed E-state index contributed by atoms with van der Waals surface area (Å²) in [5.41, 5.74) is 0.907. The number of carboxylic acid groups (broad SMARTS) is 1. The van der Waals surface area contributed by atoms with Gasteiger partial charge < -0.3 is 15.7 Å². The Kier molecular flexibility index (Phi) is 7.61. The minimum Gasteiger partial charge on any atom is -0.481 e. The molecule has 1 fully saturated rings. The van der Waals surface area contributed by atoms with Gasteiger partial charge in [0.2, 0.25) is 5.91 Å². The number of carbonyl (C=O) groups excluding carboxylic acids is 2. The van der Waals surface area contributed by atoms with E-state index in [1.807, 2.05) is 6.92 Å². The number of carbonyl (C=O) groups is 3. The van der Waals surface area contributed by atoms with E-state index in [9.17, 15) is 19.5 Å². The molecule has 0 spiro atoms. The van der Waals surface area contributed by atoms with Gasteiger partial charge in [0, 0.05) is 23.7 Å². The van der Waals surface area contributed by atoms with Gasteiger partial charge in [0.25, 0.3) is 5.91 Å². The molecule has 0 unspecified atom stereocenters. The molecule has 0 heterocycles. The standard InChI is InChI=1S/C22H32N2O4/c1-4-22(5-2,21(27)28)14-19(25)24-18-12-11-16(13-15(18)3)20(26)23-17-9-7-6-8-10-17/h11-13,17H,4-10,14H2,1-3H3,(H,23,26)(H,24,25)(H,27,28). The van der Waals surface area contributed by atoms with Crippen molar-refractivity contribution in [3.05, 3.63) is 29.3 Å².